The van der Waals surface area contributed by atoms with Crippen molar-refractivity contribution in [3.8, 4) is 6.07 Å². The van der Waals surface area contributed by atoms with Gasteiger partial charge in [-0.05, 0) is 12.1 Å². The van der Waals surface area contributed by atoms with E-state index >= 15 is 0 Å². The minimum Gasteiger partial charge on any atom is -0.445 e. The Bertz CT molecular complexity index is 372. The molecule has 0 aliphatic heterocycles. The SMILES string of the molecule is N#Cc1ccc([B-](F)(F)F)c(N)c1.[K+]. The van der Waals surface area contributed by atoms with Crippen molar-refractivity contribution in [1.82, 2.24) is 0 Å². The van der Waals surface area contributed by atoms with Crippen LogP contribution in [0.15, 0.2) is 18.2 Å². The van der Waals surface area contributed by atoms with E-state index in [0.717, 1.165) is 18.2 Å². The molecule has 14 heavy (non-hydrogen) atoms. The monoisotopic (exact) mass is 224 g/mol. The maximum absolute atomic E-state index is 12.2. The Balaban J connectivity index is 0.00000169. The van der Waals surface area contributed by atoms with Crippen molar-refractivity contribution in [2.45, 2.75) is 0 Å². The van der Waals surface area contributed by atoms with Crippen molar-refractivity contribution in [3.63, 3.8) is 0 Å². The van der Waals surface area contributed by atoms with Gasteiger partial charge in [-0.25, -0.2) is 0 Å². The summed E-state index contributed by atoms with van der Waals surface area (Å²) in [4.78, 5) is 0. The van der Waals surface area contributed by atoms with Crippen LogP contribution >= 0.6 is 0 Å². The molecule has 0 aromatic heterocycles. The van der Waals surface area contributed by atoms with Crippen LogP contribution in [0.3, 0.4) is 0 Å². The third-order valence-electron chi connectivity index (χ3n) is 1.57. The van der Waals surface area contributed by atoms with Crippen LogP contribution in [-0.4, -0.2) is 6.98 Å². The van der Waals surface area contributed by atoms with Crippen LogP contribution in [0.5, 0.6) is 0 Å². The fourth-order valence-electron chi connectivity index (χ4n) is 0.942. The molecule has 0 saturated carbocycles. The number of hydrogen-bond acceptors (Lipinski definition) is 2. The Morgan fingerprint density at radius 1 is 1.29 bits per heavy atom. The van der Waals surface area contributed by atoms with Crippen molar-refractivity contribution in [1.29, 1.82) is 5.26 Å². The van der Waals surface area contributed by atoms with Gasteiger partial charge in [0.1, 0.15) is 0 Å². The summed E-state index contributed by atoms with van der Waals surface area (Å²) in [6, 6.07) is 4.65. The molecule has 0 spiro atoms. The van der Waals surface area contributed by atoms with Gasteiger partial charge >= 0.3 is 58.4 Å². The standard InChI is InChI=1S/C7H5BF3N2.K/c9-8(10,11)6-2-1-5(4-12)3-7(6)13;/h1-3H,13H2;/q-1;+1. The van der Waals surface area contributed by atoms with Crippen molar-refractivity contribution in [2.24, 2.45) is 0 Å². The molecule has 7 heteroatoms. The molecule has 2 nitrogen and oxygen atoms in total. The topological polar surface area (TPSA) is 49.8 Å². The number of rotatable bonds is 1. The Labute approximate surface area is 122 Å². The van der Waals surface area contributed by atoms with Crippen LogP contribution < -0.4 is 62.6 Å². The van der Waals surface area contributed by atoms with Gasteiger partial charge in [-0.15, -0.1) is 0 Å². The number of nitrogen functional groups attached to an aromatic ring is 1. The summed E-state index contributed by atoms with van der Waals surface area (Å²) in [6.45, 7) is -5.08. The fourth-order valence-corrected chi connectivity index (χ4v) is 0.942. The molecule has 0 atom stereocenters. The number of nitrogens with zero attached hydrogens (tertiary/aromatic N) is 1. The predicted octanol–water partition coefficient (Wildman–Crippen LogP) is -1.80. The molecule has 0 radical (unpaired) electrons. The molecule has 0 aliphatic carbocycles. The molecule has 0 fully saturated rings. The molecule has 0 heterocycles. The second kappa shape index (κ2) is 5.19. The van der Waals surface area contributed by atoms with Gasteiger partial charge in [0.25, 0.3) is 0 Å². The van der Waals surface area contributed by atoms with E-state index in [2.05, 4.69) is 0 Å². The summed E-state index contributed by atoms with van der Waals surface area (Å²) in [7, 11) is 0. The van der Waals surface area contributed by atoms with Crippen LogP contribution in [0.1, 0.15) is 5.56 Å². The number of anilines is 1. The maximum Gasteiger partial charge on any atom is 1.00 e. The van der Waals surface area contributed by atoms with Gasteiger partial charge in [-0.1, -0.05) is 11.5 Å². The van der Waals surface area contributed by atoms with Crippen molar-refractivity contribution >= 4 is 18.1 Å². The quantitative estimate of drug-likeness (QED) is 0.452. The van der Waals surface area contributed by atoms with Crippen molar-refractivity contribution in [3.05, 3.63) is 23.8 Å². The average Bonchev–Trinajstić information content (AvgIpc) is 2.01. The number of halogens is 3. The maximum atomic E-state index is 12.2. The number of benzene rings is 1. The van der Waals surface area contributed by atoms with Crippen LogP contribution in [-0.2, 0) is 0 Å². The molecule has 0 amide bonds. The van der Waals surface area contributed by atoms with Crippen LogP contribution in [0, 0.1) is 11.3 Å². The fraction of sp³-hybridized carbons (Fsp3) is 0. The Kier molecular flexibility index (Phi) is 5.19. The number of nitriles is 1. The largest absolute Gasteiger partial charge is 1.00 e. The van der Waals surface area contributed by atoms with Crippen LogP contribution in [0.4, 0.5) is 18.6 Å². The average molecular weight is 224 g/mol. The van der Waals surface area contributed by atoms with Crippen LogP contribution in [0.25, 0.3) is 0 Å². The molecular formula is C7H5BF3KN2. The van der Waals surface area contributed by atoms with Crippen molar-refractivity contribution < 1.29 is 64.3 Å². The number of hydrogen-bond donors (Lipinski definition) is 1. The molecule has 1 aromatic carbocycles. The molecule has 0 saturated heterocycles. The third-order valence-corrected chi connectivity index (χ3v) is 1.57. The summed E-state index contributed by atoms with van der Waals surface area (Å²) >= 11 is 0. The van der Waals surface area contributed by atoms with E-state index in [1.165, 1.54) is 0 Å². The van der Waals surface area contributed by atoms with E-state index in [-0.39, 0.29) is 56.9 Å². The van der Waals surface area contributed by atoms with Gasteiger partial charge < -0.3 is 18.7 Å². The zero-order valence-corrected chi connectivity index (χ0v) is 10.6. The molecule has 0 unspecified atom stereocenters. The Morgan fingerprint density at radius 2 is 1.86 bits per heavy atom. The molecular weight excluding hydrogens is 219 g/mol. The van der Waals surface area contributed by atoms with E-state index in [1.54, 1.807) is 6.07 Å². The van der Waals surface area contributed by atoms with Gasteiger partial charge in [0.05, 0.1) is 11.6 Å². The normalized spacial score (nSPS) is 10.1. The molecule has 2 N–H and O–H groups in total. The molecule has 1 aromatic rings. The van der Waals surface area contributed by atoms with E-state index in [0.29, 0.717) is 0 Å². The predicted molar refractivity (Wildman–Crippen MR) is 44.3 cm³/mol. The minimum absolute atomic E-state index is 0. The zero-order chi connectivity index (χ0) is 10.1. The van der Waals surface area contributed by atoms with Gasteiger partial charge in [0, 0.05) is 5.69 Å². The molecule has 0 bridgehead atoms. The summed E-state index contributed by atoms with van der Waals surface area (Å²) < 4.78 is 36.6. The van der Waals surface area contributed by atoms with E-state index in [4.69, 9.17) is 11.0 Å². The van der Waals surface area contributed by atoms with Gasteiger partial charge in [-0.2, -0.15) is 5.26 Å². The van der Waals surface area contributed by atoms with Gasteiger partial charge in [0.15, 0.2) is 0 Å². The summed E-state index contributed by atoms with van der Waals surface area (Å²) in [5.41, 5.74) is 4.01. The smallest absolute Gasteiger partial charge is 0.445 e. The first-order chi connectivity index (χ1) is 5.95. The van der Waals surface area contributed by atoms with Crippen LogP contribution in [0.2, 0.25) is 0 Å². The summed E-state index contributed by atoms with van der Waals surface area (Å²) in [6.07, 6.45) is 0. The molecule has 0 aliphatic rings. The van der Waals surface area contributed by atoms with E-state index in [1.807, 2.05) is 0 Å². The minimum atomic E-state index is -5.08. The first kappa shape index (κ1) is 14.0. The van der Waals surface area contributed by atoms with E-state index in [9.17, 15) is 12.9 Å². The second-order valence-electron chi connectivity index (χ2n) is 2.53. The first-order valence-electron chi connectivity index (χ1n) is 3.44. The number of nitrogens with two attached hydrogens (primary N) is 1. The second-order valence-corrected chi connectivity index (χ2v) is 2.53. The Morgan fingerprint density at radius 3 is 2.21 bits per heavy atom. The Hall–Kier alpha value is 0.00130. The van der Waals surface area contributed by atoms with Gasteiger partial charge in [-0.3, -0.25) is 0 Å². The first-order valence-corrected chi connectivity index (χ1v) is 3.44. The summed E-state index contributed by atoms with van der Waals surface area (Å²) in [5.74, 6) is 0. The zero-order valence-electron chi connectivity index (χ0n) is 7.47. The molecule has 68 valence electrons. The summed E-state index contributed by atoms with van der Waals surface area (Å²) in [5, 5.41) is 8.37. The third kappa shape index (κ3) is 3.29. The van der Waals surface area contributed by atoms with E-state index < -0.39 is 18.1 Å². The van der Waals surface area contributed by atoms with Crippen molar-refractivity contribution in [2.75, 3.05) is 5.73 Å². The molecule has 1 rings (SSSR count). The van der Waals surface area contributed by atoms with Gasteiger partial charge in [0.2, 0.25) is 0 Å².